The van der Waals surface area contributed by atoms with Crippen LogP contribution in [0.5, 0.6) is 0 Å². The van der Waals surface area contributed by atoms with E-state index < -0.39 is 6.10 Å². The molecule has 0 amide bonds. The number of nitrogens with zero attached hydrogens (tertiary/aromatic N) is 1. The van der Waals surface area contributed by atoms with Crippen molar-refractivity contribution >= 4 is 11.6 Å². The largest absolute Gasteiger partial charge is 0.387 e. The number of hydrogen-bond donors (Lipinski definition) is 1. The quantitative estimate of drug-likeness (QED) is 0.894. The van der Waals surface area contributed by atoms with Crippen LogP contribution in [-0.2, 0) is 0 Å². The van der Waals surface area contributed by atoms with Gasteiger partial charge in [0.2, 0.25) is 0 Å². The average Bonchev–Trinajstić information content (AvgIpc) is 2.39. The minimum absolute atomic E-state index is 0.177. The van der Waals surface area contributed by atoms with Crippen LogP contribution in [0, 0.1) is 0 Å². The summed E-state index contributed by atoms with van der Waals surface area (Å²) in [5, 5.41) is 11.1. The molecule has 94 valence electrons. The van der Waals surface area contributed by atoms with Crippen LogP contribution in [0.3, 0.4) is 0 Å². The lowest BCUT2D eigenvalue weighted by Crippen LogP contribution is -2.40. The van der Waals surface area contributed by atoms with Crippen LogP contribution in [0.2, 0.25) is 5.02 Å². The first-order valence-electron chi connectivity index (χ1n) is 6.36. The topological polar surface area (TPSA) is 23.5 Å². The number of halogens is 1. The van der Waals surface area contributed by atoms with Gasteiger partial charge in [0.25, 0.3) is 0 Å². The Morgan fingerprint density at radius 1 is 1.12 bits per heavy atom. The van der Waals surface area contributed by atoms with Crippen molar-refractivity contribution in [2.75, 3.05) is 13.1 Å². The van der Waals surface area contributed by atoms with Gasteiger partial charge >= 0.3 is 0 Å². The molecule has 0 unspecified atom stereocenters. The molecule has 0 aromatic heterocycles. The van der Waals surface area contributed by atoms with Gasteiger partial charge in [0.05, 0.1) is 6.10 Å². The highest BCUT2D eigenvalue weighted by Crippen LogP contribution is 2.24. The lowest BCUT2D eigenvalue weighted by Gasteiger charge is -2.35. The Hall–Kier alpha value is -0.570. The van der Waals surface area contributed by atoms with E-state index >= 15 is 0 Å². The van der Waals surface area contributed by atoms with Crippen LogP contribution in [0.4, 0.5) is 0 Å². The van der Waals surface area contributed by atoms with Crippen molar-refractivity contribution in [2.24, 2.45) is 0 Å². The summed E-state index contributed by atoms with van der Waals surface area (Å²) < 4.78 is 0. The molecule has 1 fully saturated rings. The second-order valence-electron chi connectivity index (χ2n) is 4.83. The van der Waals surface area contributed by atoms with Gasteiger partial charge < -0.3 is 5.11 Å². The summed E-state index contributed by atoms with van der Waals surface area (Å²) >= 11 is 5.85. The van der Waals surface area contributed by atoms with Crippen molar-refractivity contribution in [3.8, 4) is 0 Å². The Labute approximate surface area is 108 Å². The summed E-state index contributed by atoms with van der Waals surface area (Å²) in [7, 11) is 0. The van der Waals surface area contributed by atoms with E-state index in [1.54, 1.807) is 0 Å². The molecule has 2 nitrogen and oxygen atoms in total. The average molecular weight is 254 g/mol. The molecule has 2 rings (SSSR count). The van der Waals surface area contributed by atoms with Crippen LogP contribution >= 0.6 is 11.6 Å². The monoisotopic (exact) mass is 253 g/mol. The summed E-state index contributed by atoms with van der Waals surface area (Å²) in [6, 6.07) is 7.67. The molecule has 0 aliphatic carbocycles. The predicted molar refractivity (Wildman–Crippen MR) is 71.3 cm³/mol. The van der Waals surface area contributed by atoms with Gasteiger partial charge in [-0.1, -0.05) is 30.2 Å². The lowest BCUT2D eigenvalue weighted by atomic mass is 10.00. The number of aliphatic hydroxyl groups excluding tert-OH is 1. The normalized spacial score (nSPS) is 21.1. The maximum Gasteiger partial charge on any atom is 0.0942 e. The molecule has 0 spiro atoms. The van der Waals surface area contributed by atoms with Crippen LogP contribution in [0.1, 0.15) is 37.9 Å². The Bertz CT molecular complexity index is 346. The summed E-state index contributed by atoms with van der Waals surface area (Å²) in [4.78, 5) is 2.38. The van der Waals surface area contributed by atoms with E-state index in [0.717, 1.165) is 18.7 Å². The second-order valence-corrected chi connectivity index (χ2v) is 5.27. The molecule has 1 aromatic rings. The molecular formula is C14H20ClNO. The third-order valence-electron chi connectivity index (χ3n) is 3.64. The van der Waals surface area contributed by atoms with Crippen LogP contribution in [-0.4, -0.2) is 29.1 Å². The summed E-state index contributed by atoms with van der Waals surface area (Å²) in [5.74, 6) is 0. The van der Waals surface area contributed by atoms with Crippen molar-refractivity contribution < 1.29 is 5.11 Å². The summed E-state index contributed by atoms with van der Waals surface area (Å²) in [6.07, 6.45) is 3.39. The number of likely N-dealkylation sites (tertiary alicyclic amines) is 1. The van der Waals surface area contributed by atoms with Gasteiger partial charge in [-0.05, 0) is 50.6 Å². The molecule has 0 saturated carbocycles. The predicted octanol–water partition coefficient (Wildman–Crippen LogP) is 3.25. The molecule has 1 saturated heterocycles. The smallest absolute Gasteiger partial charge is 0.0942 e. The van der Waals surface area contributed by atoms with E-state index in [4.69, 9.17) is 11.6 Å². The first kappa shape index (κ1) is 12.9. The van der Waals surface area contributed by atoms with E-state index in [9.17, 15) is 5.11 Å². The molecule has 0 bridgehead atoms. The number of hydrogen-bond acceptors (Lipinski definition) is 2. The van der Waals surface area contributed by atoms with E-state index in [1.807, 2.05) is 24.3 Å². The summed E-state index contributed by atoms with van der Waals surface area (Å²) in [5.41, 5.74) is 0.951. The van der Waals surface area contributed by atoms with Crippen LogP contribution in [0.15, 0.2) is 24.3 Å². The molecule has 0 radical (unpaired) electrons. The Morgan fingerprint density at radius 3 is 2.29 bits per heavy atom. The van der Waals surface area contributed by atoms with Crippen LogP contribution < -0.4 is 0 Å². The first-order chi connectivity index (χ1) is 8.18. The second kappa shape index (κ2) is 5.85. The minimum Gasteiger partial charge on any atom is -0.387 e. The van der Waals surface area contributed by atoms with E-state index in [1.165, 1.54) is 19.3 Å². The molecule has 17 heavy (non-hydrogen) atoms. The van der Waals surface area contributed by atoms with Crippen molar-refractivity contribution in [1.29, 1.82) is 0 Å². The van der Waals surface area contributed by atoms with Gasteiger partial charge in [0, 0.05) is 11.1 Å². The van der Waals surface area contributed by atoms with E-state index in [0.29, 0.717) is 5.02 Å². The third-order valence-corrected chi connectivity index (χ3v) is 3.89. The summed E-state index contributed by atoms with van der Waals surface area (Å²) in [6.45, 7) is 4.31. The van der Waals surface area contributed by atoms with Gasteiger partial charge in [-0.15, -0.1) is 0 Å². The first-order valence-corrected chi connectivity index (χ1v) is 6.74. The molecule has 1 aliphatic heterocycles. The van der Waals surface area contributed by atoms with Gasteiger partial charge in [0.15, 0.2) is 0 Å². The highest BCUT2D eigenvalue weighted by molar-refractivity contribution is 6.30. The fourth-order valence-electron chi connectivity index (χ4n) is 2.46. The fourth-order valence-corrected chi connectivity index (χ4v) is 2.59. The number of aliphatic hydroxyl groups is 1. The number of rotatable bonds is 3. The van der Waals surface area contributed by atoms with Gasteiger partial charge in [-0.3, -0.25) is 4.90 Å². The Morgan fingerprint density at radius 2 is 1.71 bits per heavy atom. The molecule has 1 aliphatic rings. The minimum atomic E-state index is -0.426. The van der Waals surface area contributed by atoms with Gasteiger partial charge in [-0.2, -0.15) is 0 Å². The number of benzene rings is 1. The third kappa shape index (κ3) is 3.21. The number of piperidine rings is 1. The molecular weight excluding hydrogens is 234 g/mol. The molecule has 1 heterocycles. The van der Waals surface area contributed by atoms with E-state index in [-0.39, 0.29) is 6.04 Å². The van der Waals surface area contributed by atoms with Crippen molar-refractivity contribution in [1.82, 2.24) is 4.90 Å². The van der Waals surface area contributed by atoms with Crippen LogP contribution in [0.25, 0.3) is 0 Å². The van der Waals surface area contributed by atoms with Crippen molar-refractivity contribution in [3.63, 3.8) is 0 Å². The lowest BCUT2D eigenvalue weighted by molar-refractivity contribution is 0.0471. The molecule has 3 heteroatoms. The zero-order valence-electron chi connectivity index (χ0n) is 10.3. The maximum absolute atomic E-state index is 10.3. The van der Waals surface area contributed by atoms with Gasteiger partial charge in [-0.25, -0.2) is 0 Å². The van der Waals surface area contributed by atoms with Crippen molar-refractivity contribution in [3.05, 3.63) is 34.9 Å². The molecule has 2 atom stereocenters. The zero-order chi connectivity index (χ0) is 12.3. The fraction of sp³-hybridized carbons (Fsp3) is 0.571. The SMILES string of the molecule is C[C@H]([C@H](O)c1ccc(Cl)cc1)N1CCCCC1. The zero-order valence-corrected chi connectivity index (χ0v) is 11.0. The van der Waals surface area contributed by atoms with E-state index in [2.05, 4.69) is 11.8 Å². The molecule has 1 aromatic carbocycles. The maximum atomic E-state index is 10.3. The Balaban J connectivity index is 2.02. The van der Waals surface area contributed by atoms with Gasteiger partial charge in [0.1, 0.15) is 0 Å². The molecule has 1 N–H and O–H groups in total. The van der Waals surface area contributed by atoms with Crippen molar-refractivity contribution in [2.45, 2.75) is 38.3 Å². The standard InChI is InChI=1S/C14H20ClNO/c1-11(16-9-3-2-4-10-16)14(17)12-5-7-13(15)8-6-12/h5-8,11,14,17H,2-4,9-10H2,1H3/t11-,14+/m1/s1. The highest BCUT2D eigenvalue weighted by atomic mass is 35.5. The highest BCUT2D eigenvalue weighted by Gasteiger charge is 2.24. The Kier molecular flexibility index (Phi) is 4.43.